The van der Waals surface area contributed by atoms with Crippen LogP contribution in [0.25, 0.3) is 0 Å². The zero-order valence-electron chi connectivity index (χ0n) is 15.4. The van der Waals surface area contributed by atoms with Crippen LogP contribution in [0, 0.1) is 18.8 Å². The van der Waals surface area contributed by atoms with Crippen molar-refractivity contribution in [2.75, 3.05) is 0 Å². The van der Waals surface area contributed by atoms with Crippen LogP contribution in [0.4, 0.5) is 0 Å². The fourth-order valence-corrected chi connectivity index (χ4v) is 3.56. The molecule has 26 heavy (non-hydrogen) atoms. The van der Waals surface area contributed by atoms with E-state index in [0.29, 0.717) is 24.2 Å². The van der Waals surface area contributed by atoms with Crippen molar-refractivity contribution in [3.8, 4) is 0 Å². The summed E-state index contributed by atoms with van der Waals surface area (Å²) in [4.78, 5) is 34.9. The quantitative estimate of drug-likeness (QED) is 0.373. The van der Waals surface area contributed by atoms with Crippen LogP contribution < -0.4 is 0 Å². The third kappa shape index (κ3) is 6.25. The molecule has 1 saturated carbocycles. The van der Waals surface area contributed by atoms with Gasteiger partial charge in [-0.15, -0.1) is 0 Å². The summed E-state index contributed by atoms with van der Waals surface area (Å²) in [6.07, 6.45) is 9.48. The summed E-state index contributed by atoms with van der Waals surface area (Å²) in [7, 11) is 0. The summed E-state index contributed by atoms with van der Waals surface area (Å²) >= 11 is 0. The van der Waals surface area contributed by atoms with E-state index in [4.69, 9.17) is 5.11 Å². The van der Waals surface area contributed by atoms with E-state index < -0.39 is 5.97 Å². The number of allylic oxidation sites excluding steroid dienone is 2. The lowest BCUT2D eigenvalue weighted by atomic mass is 9.89. The summed E-state index contributed by atoms with van der Waals surface area (Å²) in [5, 5.41) is 8.63. The second-order valence-corrected chi connectivity index (χ2v) is 7.21. The van der Waals surface area contributed by atoms with Crippen molar-refractivity contribution in [1.29, 1.82) is 0 Å². The van der Waals surface area contributed by atoms with Gasteiger partial charge in [-0.3, -0.25) is 14.4 Å². The van der Waals surface area contributed by atoms with Gasteiger partial charge in [-0.25, -0.2) is 0 Å². The maximum Gasteiger partial charge on any atom is 0.303 e. The fourth-order valence-electron chi connectivity index (χ4n) is 3.56. The molecule has 1 aromatic rings. The molecular weight excluding hydrogens is 328 g/mol. The Hall–Kier alpha value is -2.23. The standard InChI is InChI=1S/C22H28O4/c1-16-8-10-18(11-9-16)20(23)14-12-17-13-15-21(24)19(17)6-4-2-3-5-7-22(25)26/h8-12,14,17,19H,2-7,13,15H2,1H3,(H,25,26)/t17-,19+/m1/s1. The molecule has 1 aliphatic carbocycles. The SMILES string of the molecule is Cc1ccc(C(=O)C=C[C@@H]2CCC(=O)[C@H]2CCCCCCC(=O)O)cc1. The normalized spacial score (nSPS) is 20.0. The van der Waals surface area contributed by atoms with Crippen LogP contribution in [0.2, 0.25) is 0 Å². The number of Topliss-reactive ketones (excluding diaryl/α,β-unsaturated/α-hetero) is 1. The number of benzene rings is 1. The Morgan fingerprint density at radius 2 is 1.81 bits per heavy atom. The first-order valence-corrected chi connectivity index (χ1v) is 9.51. The van der Waals surface area contributed by atoms with Crippen molar-refractivity contribution in [2.45, 2.75) is 58.3 Å². The number of unbranched alkanes of at least 4 members (excludes halogenated alkanes) is 3. The minimum Gasteiger partial charge on any atom is -0.481 e. The van der Waals surface area contributed by atoms with E-state index in [-0.39, 0.29) is 24.0 Å². The lowest BCUT2D eigenvalue weighted by molar-refractivity contribution is -0.137. The molecule has 1 N–H and O–H groups in total. The second kappa shape index (κ2) is 10.0. The number of ketones is 2. The molecule has 0 heterocycles. The third-order valence-corrected chi connectivity index (χ3v) is 5.14. The van der Waals surface area contributed by atoms with Gasteiger partial charge >= 0.3 is 5.97 Å². The first kappa shape index (κ1) is 20.1. The highest BCUT2D eigenvalue weighted by molar-refractivity contribution is 6.04. The Bertz CT molecular complexity index is 657. The smallest absolute Gasteiger partial charge is 0.303 e. The number of hydrogen-bond acceptors (Lipinski definition) is 3. The lowest BCUT2D eigenvalue weighted by Gasteiger charge is -2.14. The van der Waals surface area contributed by atoms with Crippen LogP contribution in [0.1, 0.15) is 67.3 Å². The van der Waals surface area contributed by atoms with Crippen LogP contribution in [-0.2, 0) is 9.59 Å². The first-order chi connectivity index (χ1) is 12.5. The summed E-state index contributed by atoms with van der Waals surface area (Å²) in [5.41, 5.74) is 1.79. The van der Waals surface area contributed by atoms with Crippen LogP contribution >= 0.6 is 0 Å². The highest BCUT2D eigenvalue weighted by Gasteiger charge is 2.32. The molecule has 0 saturated heterocycles. The van der Waals surface area contributed by atoms with Gasteiger partial charge in [0.2, 0.25) is 0 Å². The number of hydrogen-bond donors (Lipinski definition) is 1. The summed E-state index contributed by atoms with van der Waals surface area (Å²) in [6.45, 7) is 1.99. The van der Waals surface area contributed by atoms with Crippen LogP contribution in [-0.4, -0.2) is 22.6 Å². The van der Waals surface area contributed by atoms with Gasteiger partial charge in [-0.05, 0) is 38.2 Å². The summed E-state index contributed by atoms with van der Waals surface area (Å²) < 4.78 is 0. The summed E-state index contributed by atoms with van der Waals surface area (Å²) in [6, 6.07) is 7.51. The van der Waals surface area contributed by atoms with Gasteiger partial charge in [0.25, 0.3) is 0 Å². The van der Waals surface area contributed by atoms with Crippen LogP contribution in [0.15, 0.2) is 36.4 Å². The van der Waals surface area contributed by atoms with E-state index in [1.54, 1.807) is 6.08 Å². The predicted octanol–water partition coefficient (Wildman–Crippen LogP) is 4.75. The van der Waals surface area contributed by atoms with E-state index in [9.17, 15) is 14.4 Å². The summed E-state index contributed by atoms with van der Waals surface area (Å²) in [5.74, 6) is -0.309. The zero-order chi connectivity index (χ0) is 18.9. The average Bonchev–Trinajstić information content (AvgIpc) is 2.96. The van der Waals surface area contributed by atoms with Gasteiger partial charge in [0.15, 0.2) is 5.78 Å². The highest BCUT2D eigenvalue weighted by atomic mass is 16.4. The van der Waals surface area contributed by atoms with Crippen molar-refractivity contribution in [3.63, 3.8) is 0 Å². The van der Waals surface area contributed by atoms with Crippen molar-refractivity contribution < 1.29 is 19.5 Å². The molecule has 2 rings (SSSR count). The fraction of sp³-hybridized carbons (Fsp3) is 0.500. The van der Waals surface area contributed by atoms with Crippen LogP contribution in [0.3, 0.4) is 0 Å². The van der Waals surface area contributed by atoms with Crippen molar-refractivity contribution in [2.24, 2.45) is 11.8 Å². The molecule has 0 unspecified atom stereocenters. The molecule has 0 spiro atoms. The van der Waals surface area contributed by atoms with Gasteiger partial charge in [0.1, 0.15) is 5.78 Å². The van der Waals surface area contributed by atoms with E-state index in [0.717, 1.165) is 37.7 Å². The largest absolute Gasteiger partial charge is 0.481 e. The molecule has 4 nitrogen and oxygen atoms in total. The monoisotopic (exact) mass is 356 g/mol. The second-order valence-electron chi connectivity index (χ2n) is 7.21. The number of carbonyl (C=O) groups excluding carboxylic acids is 2. The molecule has 1 aliphatic rings. The van der Waals surface area contributed by atoms with Gasteiger partial charge in [0, 0.05) is 24.3 Å². The Labute approximate surface area is 155 Å². The number of carboxylic acid groups (broad SMARTS) is 1. The Morgan fingerprint density at radius 3 is 2.50 bits per heavy atom. The molecule has 0 aliphatic heterocycles. The Kier molecular flexibility index (Phi) is 7.76. The van der Waals surface area contributed by atoms with E-state index in [1.165, 1.54) is 0 Å². The first-order valence-electron chi connectivity index (χ1n) is 9.51. The molecule has 4 heteroatoms. The molecule has 2 atom stereocenters. The molecule has 0 radical (unpaired) electrons. The van der Waals surface area contributed by atoms with Gasteiger partial charge < -0.3 is 5.11 Å². The van der Waals surface area contributed by atoms with Crippen LogP contribution in [0.5, 0.6) is 0 Å². The number of aryl methyl sites for hydroxylation is 1. The molecule has 0 amide bonds. The average molecular weight is 356 g/mol. The van der Waals surface area contributed by atoms with E-state index in [1.807, 2.05) is 37.3 Å². The number of rotatable bonds is 10. The Balaban J connectivity index is 1.81. The van der Waals surface area contributed by atoms with Crippen molar-refractivity contribution in [3.05, 3.63) is 47.5 Å². The molecule has 1 fully saturated rings. The minimum absolute atomic E-state index is 0.0107. The number of aliphatic carboxylic acids is 1. The molecular formula is C22H28O4. The maximum atomic E-state index is 12.3. The van der Waals surface area contributed by atoms with Crippen molar-refractivity contribution in [1.82, 2.24) is 0 Å². The van der Waals surface area contributed by atoms with Gasteiger partial charge in [0.05, 0.1) is 0 Å². The lowest BCUT2D eigenvalue weighted by Crippen LogP contribution is -2.13. The number of carboxylic acids is 1. The van der Waals surface area contributed by atoms with E-state index in [2.05, 4.69) is 0 Å². The molecule has 1 aromatic carbocycles. The zero-order valence-corrected chi connectivity index (χ0v) is 15.4. The van der Waals surface area contributed by atoms with Crippen molar-refractivity contribution >= 4 is 17.5 Å². The Morgan fingerprint density at radius 1 is 1.12 bits per heavy atom. The van der Waals surface area contributed by atoms with E-state index >= 15 is 0 Å². The third-order valence-electron chi connectivity index (χ3n) is 5.14. The maximum absolute atomic E-state index is 12.3. The molecule has 0 aromatic heterocycles. The van der Waals surface area contributed by atoms with Gasteiger partial charge in [-0.1, -0.05) is 55.2 Å². The number of carbonyl (C=O) groups is 3. The molecule has 140 valence electrons. The topological polar surface area (TPSA) is 71.4 Å². The van der Waals surface area contributed by atoms with Gasteiger partial charge in [-0.2, -0.15) is 0 Å². The molecule has 0 bridgehead atoms. The highest BCUT2D eigenvalue weighted by Crippen LogP contribution is 2.34. The minimum atomic E-state index is -0.751. The predicted molar refractivity (Wildman–Crippen MR) is 101 cm³/mol.